The van der Waals surface area contributed by atoms with E-state index >= 15 is 0 Å². The van der Waals surface area contributed by atoms with Crippen LogP contribution in [0.1, 0.15) is 16.7 Å². The second-order valence-corrected chi connectivity index (χ2v) is 9.22. The van der Waals surface area contributed by atoms with Gasteiger partial charge in [0.05, 0.1) is 10.6 Å². The molecule has 0 heterocycles. The molecule has 0 aliphatic carbocycles. The van der Waals surface area contributed by atoms with Crippen molar-refractivity contribution in [1.82, 2.24) is 0 Å². The van der Waals surface area contributed by atoms with Crippen LogP contribution in [0, 0.1) is 13.8 Å². The molecule has 29 heavy (non-hydrogen) atoms. The fourth-order valence-electron chi connectivity index (χ4n) is 2.69. The Morgan fingerprint density at radius 3 is 2.31 bits per heavy atom. The number of halogens is 2. The molecule has 0 spiro atoms. The molecule has 0 atom stereocenters. The van der Waals surface area contributed by atoms with Crippen molar-refractivity contribution in [2.24, 2.45) is 4.40 Å². The zero-order chi connectivity index (χ0) is 21.2. The lowest BCUT2D eigenvalue weighted by atomic mass is 10.1. The third-order valence-corrected chi connectivity index (χ3v) is 6.84. The second-order valence-electron chi connectivity index (χ2n) is 6.39. The maximum atomic E-state index is 12.9. The SMILES string of the molecule is Cc1cc(NC(=NS(=O)(=O)c2ccc(Cl)cc2)c2ccccc2)c(Br)c(C)c1O. The highest BCUT2D eigenvalue weighted by Crippen LogP contribution is 2.35. The van der Waals surface area contributed by atoms with E-state index in [1.165, 1.54) is 24.3 Å². The molecule has 0 amide bonds. The van der Waals surface area contributed by atoms with Gasteiger partial charge in [0.15, 0.2) is 5.84 Å². The summed E-state index contributed by atoms with van der Waals surface area (Å²) >= 11 is 9.32. The van der Waals surface area contributed by atoms with Crippen molar-refractivity contribution in [1.29, 1.82) is 0 Å². The van der Waals surface area contributed by atoms with Gasteiger partial charge in [-0.1, -0.05) is 41.9 Å². The van der Waals surface area contributed by atoms with Gasteiger partial charge in [0.1, 0.15) is 5.75 Å². The number of phenols is 1. The van der Waals surface area contributed by atoms with Crippen LogP contribution in [0.15, 0.2) is 74.4 Å². The van der Waals surface area contributed by atoms with Crippen LogP contribution in [0.5, 0.6) is 5.75 Å². The summed E-state index contributed by atoms with van der Waals surface area (Å²) in [6.45, 7) is 3.53. The van der Waals surface area contributed by atoms with Crippen LogP contribution in [0.3, 0.4) is 0 Å². The standard InChI is InChI=1S/C21H18BrClN2O3S/c1-13-12-18(19(22)14(2)20(13)26)24-21(15-6-4-3-5-7-15)25-29(27,28)17-10-8-16(23)9-11-17/h3-12,26H,1-2H3,(H,24,25). The number of aryl methyl sites for hydroxylation is 1. The van der Waals surface area contributed by atoms with Crippen LogP contribution in [0.25, 0.3) is 0 Å². The molecular weight excluding hydrogens is 476 g/mol. The second kappa shape index (κ2) is 8.57. The summed E-state index contributed by atoms with van der Waals surface area (Å²) in [5.74, 6) is 0.333. The fourth-order valence-corrected chi connectivity index (χ4v) is 4.20. The number of phenolic OH excluding ortho intramolecular Hbond substituents is 1. The third kappa shape index (κ3) is 4.80. The highest BCUT2D eigenvalue weighted by Gasteiger charge is 2.18. The van der Waals surface area contributed by atoms with Crippen LogP contribution in [-0.4, -0.2) is 19.4 Å². The molecule has 0 saturated carbocycles. The van der Waals surface area contributed by atoms with Gasteiger partial charge in [-0.3, -0.25) is 0 Å². The van der Waals surface area contributed by atoms with Crippen molar-refractivity contribution in [3.63, 3.8) is 0 Å². The van der Waals surface area contributed by atoms with Crippen LogP contribution >= 0.6 is 27.5 Å². The van der Waals surface area contributed by atoms with Crippen LogP contribution < -0.4 is 5.32 Å². The van der Waals surface area contributed by atoms with E-state index in [1.54, 1.807) is 44.2 Å². The number of anilines is 1. The van der Waals surface area contributed by atoms with Crippen LogP contribution in [0.2, 0.25) is 5.02 Å². The van der Waals surface area contributed by atoms with Gasteiger partial charge in [-0.25, -0.2) is 0 Å². The number of sulfonamides is 1. The van der Waals surface area contributed by atoms with E-state index in [9.17, 15) is 13.5 Å². The summed E-state index contributed by atoms with van der Waals surface area (Å²) < 4.78 is 30.4. The molecule has 0 aromatic heterocycles. The van der Waals surface area contributed by atoms with Gasteiger partial charge in [0.25, 0.3) is 10.0 Å². The van der Waals surface area contributed by atoms with Crippen molar-refractivity contribution in [2.75, 3.05) is 5.32 Å². The van der Waals surface area contributed by atoms with Crippen LogP contribution in [0.4, 0.5) is 5.69 Å². The average molecular weight is 494 g/mol. The molecule has 0 bridgehead atoms. The summed E-state index contributed by atoms with van der Waals surface area (Å²) in [7, 11) is -3.98. The Kier molecular flexibility index (Phi) is 6.31. The Balaban J connectivity index is 2.12. The van der Waals surface area contributed by atoms with Crippen molar-refractivity contribution in [3.05, 3.63) is 86.8 Å². The summed E-state index contributed by atoms with van der Waals surface area (Å²) in [6.07, 6.45) is 0. The first kappa shape index (κ1) is 21.4. The Morgan fingerprint density at radius 2 is 1.69 bits per heavy atom. The molecule has 3 aromatic carbocycles. The van der Waals surface area contributed by atoms with E-state index in [1.807, 2.05) is 6.07 Å². The van der Waals surface area contributed by atoms with Gasteiger partial charge in [-0.15, -0.1) is 4.40 Å². The monoisotopic (exact) mass is 492 g/mol. The molecule has 0 unspecified atom stereocenters. The van der Waals surface area contributed by atoms with Gasteiger partial charge in [0, 0.05) is 20.6 Å². The Labute approximate surface area is 183 Å². The minimum atomic E-state index is -3.98. The molecule has 150 valence electrons. The molecule has 0 aliphatic rings. The maximum Gasteiger partial charge on any atom is 0.284 e. The number of hydrogen-bond donors (Lipinski definition) is 2. The van der Waals surface area contributed by atoms with E-state index in [0.717, 1.165) is 0 Å². The Bertz CT molecular complexity index is 1180. The first-order valence-corrected chi connectivity index (χ1v) is 11.2. The molecule has 8 heteroatoms. The molecule has 3 aromatic rings. The van der Waals surface area contributed by atoms with E-state index in [-0.39, 0.29) is 16.5 Å². The maximum absolute atomic E-state index is 12.9. The van der Waals surface area contributed by atoms with E-state index in [0.29, 0.717) is 31.9 Å². The zero-order valence-corrected chi connectivity index (χ0v) is 18.8. The fraction of sp³-hybridized carbons (Fsp3) is 0.0952. The average Bonchev–Trinajstić information content (AvgIpc) is 2.70. The molecule has 0 radical (unpaired) electrons. The highest BCUT2D eigenvalue weighted by molar-refractivity contribution is 9.10. The van der Waals surface area contributed by atoms with Gasteiger partial charge < -0.3 is 10.4 Å². The number of aromatic hydroxyl groups is 1. The first-order chi connectivity index (χ1) is 13.7. The summed E-state index contributed by atoms with van der Waals surface area (Å²) in [4.78, 5) is 0.0364. The van der Waals surface area contributed by atoms with Gasteiger partial charge in [0.2, 0.25) is 0 Å². The lowest BCUT2D eigenvalue weighted by molar-refractivity contribution is 0.466. The van der Waals surface area contributed by atoms with Gasteiger partial charge in [-0.05, 0) is 65.7 Å². The van der Waals surface area contributed by atoms with Crippen molar-refractivity contribution in [2.45, 2.75) is 18.7 Å². The molecule has 0 saturated heterocycles. The number of benzene rings is 3. The molecule has 3 rings (SSSR count). The van der Waals surface area contributed by atoms with Gasteiger partial charge >= 0.3 is 0 Å². The van der Waals surface area contributed by atoms with Crippen LogP contribution in [-0.2, 0) is 10.0 Å². The number of nitrogens with one attached hydrogen (secondary N) is 1. The number of rotatable bonds is 4. The number of amidine groups is 1. The predicted octanol–water partition coefficient (Wildman–Crippen LogP) is 5.67. The Morgan fingerprint density at radius 1 is 1.07 bits per heavy atom. The quantitative estimate of drug-likeness (QED) is 0.279. The predicted molar refractivity (Wildman–Crippen MR) is 121 cm³/mol. The van der Waals surface area contributed by atoms with Crippen molar-refractivity contribution < 1.29 is 13.5 Å². The summed E-state index contributed by atoms with van der Waals surface area (Å²) in [6, 6.07) is 16.5. The topological polar surface area (TPSA) is 78.8 Å². The summed E-state index contributed by atoms with van der Waals surface area (Å²) in [5.41, 5.74) is 2.48. The number of hydrogen-bond acceptors (Lipinski definition) is 3. The van der Waals surface area contributed by atoms with E-state index in [4.69, 9.17) is 11.6 Å². The van der Waals surface area contributed by atoms with E-state index < -0.39 is 10.0 Å². The molecule has 0 fully saturated rings. The molecular formula is C21H18BrClN2O3S. The lowest BCUT2D eigenvalue weighted by Crippen LogP contribution is -2.17. The van der Waals surface area contributed by atoms with Gasteiger partial charge in [-0.2, -0.15) is 8.42 Å². The Hall–Kier alpha value is -2.35. The first-order valence-electron chi connectivity index (χ1n) is 8.60. The molecule has 0 aliphatic heterocycles. The number of nitrogens with zero attached hydrogens (tertiary/aromatic N) is 1. The van der Waals surface area contributed by atoms with Crippen molar-refractivity contribution in [3.8, 4) is 5.75 Å². The largest absolute Gasteiger partial charge is 0.507 e. The normalized spacial score (nSPS) is 12.1. The lowest BCUT2D eigenvalue weighted by Gasteiger charge is -2.15. The summed E-state index contributed by atoms with van der Waals surface area (Å²) in [5, 5.41) is 13.7. The smallest absolute Gasteiger partial charge is 0.284 e. The van der Waals surface area contributed by atoms with Crippen molar-refractivity contribution >= 4 is 49.1 Å². The molecule has 2 N–H and O–H groups in total. The zero-order valence-electron chi connectivity index (χ0n) is 15.6. The third-order valence-electron chi connectivity index (χ3n) is 4.28. The minimum absolute atomic E-state index is 0.0364. The van der Waals surface area contributed by atoms with E-state index in [2.05, 4.69) is 25.6 Å². The molecule has 5 nitrogen and oxygen atoms in total. The highest BCUT2D eigenvalue weighted by atomic mass is 79.9. The minimum Gasteiger partial charge on any atom is -0.507 e.